The molecule has 1 amide bonds. The van der Waals surface area contributed by atoms with Crippen LogP contribution in [0.1, 0.15) is 22.8 Å². The molecule has 0 atom stereocenters. The lowest BCUT2D eigenvalue weighted by Crippen LogP contribution is -2.26. The van der Waals surface area contributed by atoms with E-state index in [1.54, 1.807) is 25.1 Å². The van der Waals surface area contributed by atoms with Crippen LogP contribution in [-0.4, -0.2) is 23.6 Å². The molecule has 0 unspecified atom stereocenters. The van der Waals surface area contributed by atoms with Crippen LogP contribution in [0.2, 0.25) is 0 Å². The van der Waals surface area contributed by atoms with Crippen molar-refractivity contribution in [3.05, 3.63) is 71.5 Å². The Morgan fingerprint density at radius 1 is 1.07 bits per heavy atom. The van der Waals surface area contributed by atoms with Gasteiger partial charge in [-0.25, -0.2) is 0 Å². The number of para-hydroxylation sites is 2. The number of benzene rings is 2. The summed E-state index contributed by atoms with van der Waals surface area (Å²) < 4.78 is 16.0. The summed E-state index contributed by atoms with van der Waals surface area (Å²) in [6.07, 6.45) is 0. The molecule has 0 saturated carbocycles. The summed E-state index contributed by atoms with van der Waals surface area (Å²) in [4.78, 5) is 24.8. The van der Waals surface area contributed by atoms with Crippen LogP contribution in [0.15, 0.2) is 59.1 Å². The van der Waals surface area contributed by atoms with E-state index < -0.39 is 24.4 Å². The summed E-state index contributed by atoms with van der Waals surface area (Å²) in [6, 6.07) is 16.1. The number of hydrogen-bond acceptors (Lipinski definition) is 6. The highest BCUT2D eigenvalue weighted by Crippen LogP contribution is 2.44. The molecule has 0 bridgehead atoms. The minimum absolute atomic E-state index is 0.273. The zero-order valence-electron chi connectivity index (χ0n) is 14.5. The topological polar surface area (TPSA) is 90.7 Å². The van der Waals surface area contributed by atoms with Crippen molar-refractivity contribution in [2.24, 2.45) is 0 Å². The highest BCUT2D eigenvalue weighted by molar-refractivity contribution is 5.93. The lowest BCUT2D eigenvalue weighted by Gasteiger charge is -2.26. The molecule has 1 aliphatic heterocycles. The largest absolute Gasteiger partial charge is 0.457 e. The monoisotopic (exact) mass is 364 g/mol. The molecule has 0 spiro atoms. The average Bonchev–Trinajstić information content (AvgIpc) is 3.08. The minimum atomic E-state index is -0.659. The van der Waals surface area contributed by atoms with Crippen molar-refractivity contribution in [2.45, 2.75) is 12.8 Å². The summed E-state index contributed by atoms with van der Waals surface area (Å²) in [5.41, 5.74) is 1.41. The normalized spacial score (nSPS) is 12.5. The van der Waals surface area contributed by atoms with Crippen LogP contribution in [0.25, 0.3) is 0 Å². The number of ether oxygens (including phenoxy) is 2. The number of aromatic nitrogens is 1. The quantitative estimate of drug-likeness (QED) is 0.714. The lowest BCUT2D eigenvalue weighted by molar-refractivity contribution is -0.148. The van der Waals surface area contributed by atoms with E-state index in [1.807, 2.05) is 36.4 Å². The standard InChI is InChI=1S/C20H16N2O5/c1-12-10-17(22-27-12)21-18(23)11-25-20(24)19-13-6-2-4-8-15(13)26-16-9-5-3-7-14(16)19/h2-10,19H,11H2,1H3,(H,21,22,23). The number of anilines is 1. The second kappa shape index (κ2) is 6.95. The first-order valence-corrected chi connectivity index (χ1v) is 8.37. The number of fused-ring (bicyclic) bond motifs is 2. The van der Waals surface area contributed by atoms with E-state index >= 15 is 0 Å². The molecule has 0 fully saturated rings. The first-order chi connectivity index (χ1) is 13.1. The summed E-state index contributed by atoms with van der Waals surface area (Å²) >= 11 is 0. The van der Waals surface area contributed by atoms with Gasteiger partial charge in [0.2, 0.25) is 0 Å². The van der Waals surface area contributed by atoms with Crippen LogP contribution < -0.4 is 10.1 Å². The highest BCUT2D eigenvalue weighted by atomic mass is 16.5. The van der Waals surface area contributed by atoms with Gasteiger partial charge in [-0.05, 0) is 19.1 Å². The predicted octanol–water partition coefficient (Wildman–Crippen LogP) is 3.40. The zero-order valence-corrected chi connectivity index (χ0v) is 14.5. The van der Waals surface area contributed by atoms with Gasteiger partial charge in [0.15, 0.2) is 12.4 Å². The second-order valence-corrected chi connectivity index (χ2v) is 6.09. The van der Waals surface area contributed by atoms with Gasteiger partial charge >= 0.3 is 5.97 Å². The summed E-state index contributed by atoms with van der Waals surface area (Å²) in [7, 11) is 0. The van der Waals surface area contributed by atoms with Crippen molar-refractivity contribution < 1.29 is 23.6 Å². The Hall–Kier alpha value is -3.61. The SMILES string of the molecule is Cc1cc(NC(=O)COC(=O)C2c3ccccc3Oc3ccccc32)no1. The van der Waals surface area contributed by atoms with Gasteiger partial charge < -0.3 is 19.3 Å². The summed E-state index contributed by atoms with van der Waals surface area (Å²) in [6.45, 7) is 1.29. The number of esters is 1. The van der Waals surface area contributed by atoms with Crippen molar-refractivity contribution in [2.75, 3.05) is 11.9 Å². The first-order valence-electron chi connectivity index (χ1n) is 8.37. The predicted molar refractivity (Wildman–Crippen MR) is 95.6 cm³/mol. The molecule has 7 heteroatoms. The molecule has 1 aromatic heterocycles. The van der Waals surface area contributed by atoms with E-state index in [2.05, 4.69) is 10.5 Å². The first kappa shape index (κ1) is 16.8. The third kappa shape index (κ3) is 3.39. The molecule has 0 saturated heterocycles. The van der Waals surface area contributed by atoms with Crippen molar-refractivity contribution in [1.82, 2.24) is 5.16 Å². The van der Waals surface area contributed by atoms with Gasteiger partial charge in [0.05, 0.1) is 0 Å². The fraction of sp³-hybridized carbons (Fsp3) is 0.150. The Labute approximate surface area is 154 Å². The molecule has 1 aliphatic rings. The molecular formula is C20H16N2O5. The molecule has 1 N–H and O–H groups in total. The number of amides is 1. The van der Waals surface area contributed by atoms with Crippen LogP contribution in [0.4, 0.5) is 5.82 Å². The van der Waals surface area contributed by atoms with Gasteiger partial charge in [-0.2, -0.15) is 0 Å². The molecule has 3 aromatic rings. The van der Waals surface area contributed by atoms with Crippen molar-refractivity contribution in [3.63, 3.8) is 0 Å². The Bertz CT molecular complexity index is 965. The summed E-state index contributed by atoms with van der Waals surface area (Å²) in [5.74, 6) is 0.359. The highest BCUT2D eigenvalue weighted by Gasteiger charge is 2.33. The molecule has 4 rings (SSSR count). The summed E-state index contributed by atoms with van der Waals surface area (Å²) in [5, 5.41) is 6.18. The van der Waals surface area contributed by atoms with Crippen LogP contribution in [0.3, 0.4) is 0 Å². The van der Waals surface area contributed by atoms with Crippen LogP contribution in [0.5, 0.6) is 11.5 Å². The number of nitrogens with one attached hydrogen (secondary N) is 1. The fourth-order valence-corrected chi connectivity index (χ4v) is 2.99. The Morgan fingerprint density at radius 3 is 2.30 bits per heavy atom. The maximum Gasteiger partial charge on any atom is 0.318 e. The third-order valence-corrected chi connectivity index (χ3v) is 4.16. The van der Waals surface area contributed by atoms with Crippen molar-refractivity contribution in [1.29, 1.82) is 0 Å². The Balaban J connectivity index is 1.51. The van der Waals surface area contributed by atoms with Crippen molar-refractivity contribution >= 4 is 17.7 Å². The smallest absolute Gasteiger partial charge is 0.318 e. The van der Waals surface area contributed by atoms with Crippen LogP contribution in [0, 0.1) is 6.92 Å². The Kier molecular flexibility index (Phi) is 4.33. The number of carbonyl (C=O) groups is 2. The second-order valence-electron chi connectivity index (χ2n) is 6.09. The number of hydrogen-bond donors (Lipinski definition) is 1. The Morgan fingerprint density at radius 2 is 1.70 bits per heavy atom. The van der Waals surface area contributed by atoms with Gasteiger partial charge in [-0.15, -0.1) is 0 Å². The zero-order chi connectivity index (χ0) is 18.8. The molecule has 2 aromatic carbocycles. The molecule has 2 heterocycles. The van der Waals surface area contributed by atoms with E-state index in [-0.39, 0.29) is 5.82 Å². The van der Waals surface area contributed by atoms with E-state index in [0.29, 0.717) is 28.4 Å². The maximum atomic E-state index is 12.8. The maximum absolute atomic E-state index is 12.8. The lowest BCUT2D eigenvalue weighted by atomic mass is 9.88. The van der Waals surface area contributed by atoms with Gasteiger partial charge in [0, 0.05) is 17.2 Å². The number of rotatable bonds is 4. The van der Waals surface area contributed by atoms with E-state index in [9.17, 15) is 9.59 Å². The minimum Gasteiger partial charge on any atom is -0.457 e. The van der Waals surface area contributed by atoms with Gasteiger partial charge in [0.25, 0.3) is 5.91 Å². The molecule has 0 aliphatic carbocycles. The fourth-order valence-electron chi connectivity index (χ4n) is 2.99. The molecule has 0 radical (unpaired) electrons. The van der Waals surface area contributed by atoms with E-state index in [4.69, 9.17) is 14.0 Å². The number of aryl methyl sites for hydroxylation is 1. The van der Waals surface area contributed by atoms with Gasteiger partial charge in [-0.3, -0.25) is 9.59 Å². The number of nitrogens with zero attached hydrogens (tertiary/aromatic N) is 1. The average molecular weight is 364 g/mol. The van der Waals surface area contributed by atoms with Crippen molar-refractivity contribution in [3.8, 4) is 11.5 Å². The molecule has 7 nitrogen and oxygen atoms in total. The van der Waals surface area contributed by atoms with Crippen LogP contribution >= 0.6 is 0 Å². The van der Waals surface area contributed by atoms with Gasteiger partial charge in [-0.1, -0.05) is 41.6 Å². The number of carbonyl (C=O) groups excluding carboxylic acids is 2. The molecule has 27 heavy (non-hydrogen) atoms. The van der Waals surface area contributed by atoms with E-state index in [0.717, 1.165) is 0 Å². The third-order valence-electron chi connectivity index (χ3n) is 4.16. The van der Waals surface area contributed by atoms with Crippen LogP contribution in [-0.2, 0) is 14.3 Å². The van der Waals surface area contributed by atoms with Gasteiger partial charge in [0.1, 0.15) is 23.2 Å². The molecule has 136 valence electrons. The molecular weight excluding hydrogens is 348 g/mol. The van der Waals surface area contributed by atoms with E-state index in [1.165, 1.54) is 0 Å².